The third-order valence-corrected chi connectivity index (χ3v) is 4.55. The topological polar surface area (TPSA) is 92.6 Å². The smallest absolute Gasteiger partial charge is 0.254 e. The summed E-state index contributed by atoms with van der Waals surface area (Å²) in [5.74, 6) is 0.711. The number of rotatable bonds is 4. The first-order chi connectivity index (χ1) is 12.7. The summed E-state index contributed by atoms with van der Waals surface area (Å²) in [6.07, 6.45) is 0. The molecular formula is C16H18Cl2N8O. The van der Waals surface area contributed by atoms with Crippen LogP contribution in [0.25, 0.3) is 0 Å². The number of halogens is 2. The lowest BCUT2D eigenvalue weighted by Crippen LogP contribution is -2.35. The minimum atomic E-state index is -0.295. The van der Waals surface area contributed by atoms with Gasteiger partial charge in [0.1, 0.15) is 6.54 Å². The van der Waals surface area contributed by atoms with Gasteiger partial charge in [0, 0.05) is 28.2 Å². The van der Waals surface area contributed by atoms with Crippen molar-refractivity contribution < 1.29 is 4.79 Å². The fourth-order valence-corrected chi connectivity index (χ4v) is 2.73. The minimum absolute atomic E-state index is 0.0666. The lowest BCUT2D eigenvalue weighted by atomic mass is 10.3. The molecule has 1 fully saturated rings. The summed E-state index contributed by atoms with van der Waals surface area (Å²) in [4.78, 5) is 31.8. The number of carbonyl (C=O) groups is 1. The fraction of sp³-hybridized carbons (Fsp3) is 0.312. The first-order valence-corrected chi connectivity index (χ1v) is 8.69. The molecule has 9 nitrogen and oxygen atoms in total. The van der Waals surface area contributed by atoms with Gasteiger partial charge in [0.25, 0.3) is 5.91 Å². The molecule has 2 heterocycles. The molecule has 1 saturated heterocycles. The first kappa shape index (κ1) is 19.1. The average Bonchev–Trinajstić information content (AvgIpc) is 2.91. The summed E-state index contributed by atoms with van der Waals surface area (Å²) in [6.45, 7) is -0.0666. The van der Waals surface area contributed by atoms with Gasteiger partial charge in [0.15, 0.2) is 0 Å². The van der Waals surface area contributed by atoms with Crippen molar-refractivity contribution in [3.8, 4) is 0 Å². The Morgan fingerprint density at radius 3 is 2.11 bits per heavy atom. The van der Waals surface area contributed by atoms with Gasteiger partial charge >= 0.3 is 0 Å². The van der Waals surface area contributed by atoms with E-state index in [9.17, 15) is 4.79 Å². The second kappa shape index (κ2) is 7.16. The van der Waals surface area contributed by atoms with Crippen molar-refractivity contribution in [3.63, 3.8) is 0 Å². The maximum Gasteiger partial charge on any atom is 0.254 e. The van der Waals surface area contributed by atoms with Crippen LogP contribution < -0.4 is 19.6 Å². The molecular weight excluding hydrogens is 391 g/mol. The molecule has 1 aromatic heterocycles. The number of hydrogen-bond acceptors (Lipinski definition) is 7. The van der Waals surface area contributed by atoms with Crippen LogP contribution in [0.5, 0.6) is 0 Å². The second-order valence-corrected chi connectivity index (χ2v) is 7.08. The number of aromatic nitrogens is 3. The molecule has 0 spiro atoms. The fourth-order valence-electron chi connectivity index (χ4n) is 2.44. The van der Waals surface area contributed by atoms with E-state index >= 15 is 0 Å². The van der Waals surface area contributed by atoms with Crippen molar-refractivity contribution in [1.29, 1.82) is 5.41 Å². The molecule has 0 saturated carbocycles. The number of guanidine groups is 1. The van der Waals surface area contributed by atoms with Gasteiger partial charge in [0.05, 0.1) is 15.7 Å². The van der Waals surface area contributed by atoms with Gasteiger partial charge in [-0.05, 0) is 18.2 Å². The third kappa shape index (κ3) is 3.60. The van der Waals surface area contributed by atoms with Crippen LogP contribution in [0.2, 0.25) is 10.0 Å². The second-order valence-electron chi connectivity index (χ2n) is 6.26. The molecule has 3 rings (SSSR count). The molecule has 11 heteroatoms. The Morgan fingerprint density at radius 1 is 1.00 bits per heavy atom. The van der Waals surface area contributed by atoms with E-state index < -0.39 is 0 Å². The van der Waals surface area contributed by atoms with Gasteiger partial charge in [-0.15, -0.1) is 0 Å². The van der Waals surface area contributed by atoms with Crippen molar-refractivity contribution >= 4 is 58.6 Å². The highest BCUT2D eigenvalue weighted by molar-refractivity contribution is 6.42. The average molecular weight is 409 g/mol. The molecule has 2 aromatic rings. The zero-order valence-corrected chi connectivity index (χ0v) is 16.7. The summed E-state index contributed by atoms with van der Waals surface area (Å²) in [5, 5.41) is 9.15. The molecule has 1 amide bonds. The number of nitrogens with zero attached hydrogens (tertiary/aromatic N) is 7. The standard InChI is InChI=1S/C16H18Cl2N8O/c1-23(2)14-20-15(24(3)4)22-16(21-14)25-8-12(27)26(13(25)19)9-5-6-10(17)11(18)7-9/h5-7,19H,8H2,1-4H3. The molecule has 0 bridgehead atoms. The van der Waals surface area contributed by atoms with E-state index in [1.807, 2.05) is 0 Å². The van der Waals surface area contributed by atoms with E-state index in [2.05, 4.69) is 15.0 Å². The summed E-state index contributed by atoms with van der Waals surface area (Å²) >= 11 is 12.0. The predicted molar refractivity (Wildman–Crippen MR) is 108 cm³/mol. The number of carbonyl (C=O) groups excluding carboxylic acids is 1. The number of benzene rings is 1. The Labute approximate surface area is 166 Å². The Morgan fingerprint density at radius 2 is 1.59 bits per heavy atom. The van der Waals surface area contributed by atoms with Crippen LogP contribution in [0.1, 0.15) is 0 Å². The number of amides is 1. The Bertz CT molecular complexity index is 891. The molecule has 0 aliphatic carbocycles. The quantitative estimate of drug-likeness (QED) is 0.827. The van der Waals surface area contributed by atoms with E-state index in [1.54, 1.807) is 56.2 Å². The van der Waals surface area contributed by atoms with Crippen molar-refractivity contribution in [3.05, 3.63) is 28.2 Å². The largest absolute Gasteiger partial charge is 0.347 e. The zero-order valence-electron chi connectivity index (χ0n) is 15.2. The lowest BCUT2D eigenvalue weighted by Gasteiger charge is -2.21. The Balaban J connectivity index is 2.00. The summed E-state index contributed by atoms with van der Waals surface area (Å²) in [6, 6.07) is 4.76. The van der Waals surface area contributed by atoms with Gasteiger partial charge < -0.3 is 9.80 Å². The number of nitrogens with one attached hydrogen (secondary N) is 1. The van der Waals surface area contributed by atoms with Crippen LogP contribution in [-0.2, 0) is 4.79 Å². The van der Waals surface area contributed by atoms with Crippen molar-refractivity contribution in [2.24, 2.45) is 0 Å². The molecule has 0 atom stereocenters. The molecule has 27 heavy (non-hydrogen) atoms. The Kier molecular flexibility index (Phi) is 5.07. The van der Waals surface area contributed by atoms with Crippen molar-refractivity contribution in [2.45, 2.75) is 0 Å². The molecule has 1 N–H and O–H groups in total. The van der Waals surface area contributed by atoms with Gasteiger partial charge in [-0.3, -0.25) is 15.1 Å². The van der Waals surface area contributed by atoms with Crippen LogP contribution in [-0.4, -0.2) is 61.6 Å². The predicted octanol–water partition coefficient (Wildman–Crippen LogP) is 2.10. The van der Waals surface area contributed by atoms with Crippen LogP contribution in [0.3, 0.4) is 0 Å². The minimum Gasteiger partial charge on any atom is -0.347 e. The summed E-state index contributed by atoms with van der Waals surface area (Å²) in [5.41, 5.74) is 0.455. The normalized spacial score (nSPS) is 14.1. The van der Waals surface area contributed by atoms with Crippen molar-refractivity contribution in [1.82, 2.24) is 15.0 Å². The zero-order chi connectivity index (χ0) is 19.9. The maximum absolute atomic E-state index is 12.6. The van der Waals surface area contributed by atoms with E-state index in [1.165, 1.54) is 9.80 Å². The third-order valence-electron chi connectivity index (χ3n) is 3.81. The molecule has 1 aromatic carbocycles. The highest BCUT2D eigenvalue weighted by Crippen LogP contribution is 2.30. The number of hydrogen-bond donors (Lipinski definition) is 1. The highest BCUT2D eigenvalue weighted by atomic mass is 35.5. The van der Waals surface area contributed by atoms with Crippen molar-refractivity contribution in [2.75, 3.05) is 54.3 Å². The van der Waals surface area contributed by atoms with E-state index in [-0.39, 0.29) is 24.4 Å². The van der Waals surface area contributed by atoms with E-state index in [4.69, 9.17) is 28.6 Å². The summed E-state index contributed by atoms with van der Waals surface area (Å²) in [7, 11) is 7.23. The van der Waals surface area contributed by atoms with Crippen LogP contribution >= 0.6 is 23.2 Å². The lowest BCUT2D eigenvalue weighted by molar-refractivity contribution is -0.115. The van der Waals surface area contributed by atoms with Crippen LogP contribution in [0, 0.1) is 5.41 Å². The Hall–Kier alpha value is -2.65. The number of anilines is 4. The van der Waals surface area contributed by atoms with E-state index in [0.29, 0.717) is 27.6 Å². The van der Waals surface area contributed by atoms with Gasteiger partial charge in [-0.1, -0.05) is 23.2 Å². The summed E-state index contributed by atoms with van der Waals surface area (Å²) < 4.78 is 0. The SMILES string of the molecule is CN(C)c1nc(N(C)C)nc(N2CC(=O)N(c3ccc(Cl)c(Cl)c3)C2=N)n1. The molecule has 0 unspecified atom stereocenters. The van der Waals surface area contributed by atoms with Gasteiger partial charge in [-0.25, -0.2) is 4.90 Å². The molecule has 1 aliphatic rings. The molecule has 142 valence electrons. The molecule has 1 aliphatic heterocycles. The highest BCUT2D eigenvalue weighted by Gasteiger charge is 2.37. The van der Waals surface area contributed by atoms with Gasteiger partial charge in [-0.2, -0.15) is 15.0 Å². The van der Waals surface area contributed by atoms with Crippen LogP contribution in [0.4, 0.5) is 23.5 Å². The van der Waals surface area contributed by atoms with Gasteiger partial charge in [0.2, 0.25) is 23.8 Å². The maximum atomic E-state index is 12.6. The van der Waals surface area contributed by atoms with E-state index in [0.717, 1.165) is 0 Å². The first-order valence-electron chi connectivity index (χ1n) is 7.94. The monoisotopic (exact) mass is 408 g/mol. The molecule has 0 radical (unpaired) electrons. The van der Waals surface area contributed by atoms with Crippen LogP contribution in [0.15, 0.2) is 18.2 Å².